The van der Waals surface area contributed by atoms with E-state index < -0.39 is 6.04 Å². The van der Waals surface area contributed by atoms with Gasteiger partial charge in [0.25, 0.3) is 5.56 Å². The van der Waals surface area contributed by atoms with Crippen LogP contribution in [-0.2, 0) is 11.3 Å². The first-order chi connectivity index (χ1) is 16.7. The third kappa shape index (κ3) is 3.78. The molecule has 2 aromatic carbocycles. The molecule has 4 heterocycles. The van der Waals surface area contributed by atoms with Crippen LogP contribution < -0.4 is 15.0 Å². The maximum absolute atomic E-state index is 13.4. The molecule has 34 heavy (non-hydrogen) atoms. The molecule has 2 aliphatic heterocycles. The summed E-state index contributed by atoms with van der Waals surface area (Å²) in [4.78, 5) is 18.4. The summed E-state index contributed by atoms with van der Waals surface area (Å²) in [6.45, 7) is 2.81. The van der Waals surface area contributed by atoms with Gasteiger partial charge in [-0.05, 0) is 40.3 Å². The summed E-state index contributed by atoms with van der Waals surface area (Å²) < 4.78 is 31.5. The number of morpholine rings is 1. The fourth-order valence-electron chi connectivity index (χ4n) is 4.43. The summed E-state index contributed by atoms with van der Waals surface area (Å²) in [5.74, 6) is 1.45. The summed E-state index contributed by atoms with van der Waals surface area (Å²) >= 11 is 0. The second-order valence-electron chi connectivity index (χ2n) is 8.22. The number of H-pyrrole nitrogens is 1. The normalized spacial score (nSPS) is 16.7. The molecular formula is C23H21FN6O4. The van der Waals surface area contributed by atoms with E-state index >= 15 is 0 Å². The van der Waals surface area contributed by atoms with Crippen molar-refractivity contribution in [2.75, 3.05) is 33.1 Å². The number of benzene rings is 2. The van der Waals surface area contributed by atoms with Crippen molar-refractivity contribution in [1.29, 1.82) is 0 Å². The fourth-order valence-corrected chi connectivity index (χ4v) is 4.43. The molecule has 4 aromatic rings. The number of hydrogen-bond acceptors (Lipinski definition) is 8. The van der Waals surface area contributed by atoms with Crippen LogP contribution in [0.3, 0.4) is 0 Å². The Balaban J connectivity index is 1.45. The Labute approximate surface area is 192 Å². The number of halogens is 1. The molecule has 1 fully saturated rings. The summed E-state index contributed by atoms with van der Waals surface area (Å²) in [5.41, 5.74) is 1.78. The molecule has 1 unspecified atom stereocenters. The first kappa shape index (κ1) is 20.8. The summed E-state index contributed by atoms with van der Waals surface area (Å²) in [6, 6.07) is 11.2. The van der Waals surface area contributed by atoms with Crippen LogP contribution in [0.25, 0.3) is 10.9 Å². The molecule has 6 rings (SSSR count). The van der Waals surface area contributed by atoms with Crippen molar-refractivity contribution in [1.82, 2.24) is 30.1 Å². The Morgan fingerprint density at radius 1 is 1.06 bits per heavy atom. The predicted molar refractivity (Wildman–Crippen MR) is 118 cm³/mol. The largest absolute Gasteiger partial charge is 0.454 e. The molecule has 11 heteroatoms. The quantitative estimate of drug-likeness (QED) is 0.477. The van der Waals surface area contributed by atoms with Gasteiger partial charge in [-0.25, -0.2) is 9.07 Å². The first-order valence-electron chi connectivity index (χ1n) is 10.9. The third-order valence-electron chi connectivity index (χ3n) is 6.12. The highest BCUT2D eigenvalue weighted by molar-refractivity contribution is 5.83. The third-order valence-corrected chi connectivity index (χ3v) is 6.12. The molecule has 2 aliphatic rings. The molecule has 0 bridgehead atoms. The number of nitrogens with zero attached hydrogens (tertiary/aromatic N) is 5. The zero-order valence-corrected chi connectivity index (χ0v) is 18.1. The number of rotatable bonds is 5. The molecule has 0 spiro atoms. The van der Waals surface area contributed by atoms with Gasteiger partial charge in [0.15, 0.2) is 17.3 Å². The fraction of sp³-hybridized carbons (Fsp3) is 0.304. The Morgan fingerprint density at radius 2 is 1.82 bits per heavy atom. The molecule has 0 radical (unpaired) electrons. The standard InChI is InChI=1S/C23H21FN6O4/c24-16-3-1-14(2-4-16)12-30-22(26-27-28-30)21(29-5-7-32-8-6-29)17-9-15-10-19-20(34-13-33-19)11-18(15)25-23(17)31/h1-4,9-11,21H,5-8,12-13H2,(H,25,31). The van der Waals surface area contributed by atoms with Crippen LogP contribution in [0.5, 0.6) is 11.5 Å². The zero-order valence-electron chi connectivity index (χ0n) is 18.1. The molecule has 1 saturated heterocycles. The Morgan fingerprint density at radius 3 is 2.62 bits per heavy atom. The van der Waals surface area contributed by atoms with Crippen LogP contribution in [-0.4, -0.2) is 63.2 Å². The number of ether oxygens (including phenoxy) is 3. The molecule has 10 nitrogen and oxygen atoms in total. The van der Waals surface area contributed by atoms with E-state index in [0.717, 1.165) is 10.9 Å². The van der Waals surface area contributed by atoms with Crippen molar-refractivity contribution in [3.8, 4) is 11.5 Å². The van der Waals surface area contributed by atoms with E-state index in [0.29, 0.717) is 61.3 Å². The molecule has 0 saturated carbocycles. The van der Waals surface area contributed by atoms with Crippen LogP contribution >= 0.6 is 0 Å². The lowest BCUT2D eigenvalue weighted by Crippen LogP contribution is -2.42. The van der Waals surface area contributed by atoms with Gasteiger partial charge >= 0.3 is 0 Å². The zero-order chi connectivity index (χ0) is 23.1. The first-order valence-corrected chi connectivity index (χ1v) is 10.9. The second kappa shape index (κ2) is 8.50. The van der Waals surface area contributed by atoms with Crippen LogP contribution in [0.15, 0.2) is 47.3 Å². The Kier molecular flexibility index (Phi) is 5.19. The van der Waals surface area contributed by atoms with E-state index in [4.69, 9.17) is 14.2 Å². The monoisotopic (exact) mass is 464 g/mol. The van der Waals surface area contributed by atoms with Crippen LogP contribution in [0.2, 0.25) is 0 Å². The number of pyridine rings is 1. The van der Waals surface area contributed by atoms with Gasteiger partial charge in [-0.15, -0.1) is 5.10 Å². The maximum atomic E-state index is 13.4. The molecule has 1 atom stereocenters. The van der Waals surface area contributed by atoms with E-state index in [1.807, 2.05) is 12.1 Å². The number of nitrogens with one attached hydrogen (secondary N) is 1. The second-order valence-corrected chi connectivity index (χ2v) is 8.22. The van der Waals surface area contributed by atoms with E-state index in [1.165, 1.54) is 12.1 Å². The predicted octanol–water partition coefficient (Wildman–Crippen LogP) is 1.85. The van der Waals surface area contributed by atoms with Crippen LogP contribution in [0.1, 0.15) is 23.0 Å². The van der Waals surface area contributed by atoms with E-state index in [1.54, 1.807) is 22.9 Å². The number of aromatic amines is 1. The minimum absolute atomic E-state index is 0.150. The van der Waals surface area contributed by atoms with Crippen molar-refractivity contribution in [3.63, 3.8) is 0 Å². The van der Waals surface area contributed by atoms with Gasteiger partial charge in [0.2, 0.25) is 6.79 Å². The van der Waals surface area contributed by atoms with E-state index in [-0.39, 0.29) is 18.2 Å². The Bertz CT molecular complexity index is 1400. The van der Waals surface area contributed by atoms with Gasteiger partial charge in [0, 0.05) is 30.1 Å². The number of aromatic nitrogens is 5. The lowest BCUT2D eigenvalue weighted by atomic mass is 10.0. The van der Waals surface area contributed by atoms with Crippen molar-refractivity contribution in [2.24, 2.45) is 0 Å². The molecule has 0 aliphatic carbocycles. The van der Waals surface area contributed by atoms with Gasteiger partial charge in [-0.1, -0.05) is 12.1 Å². The average molecular weight is 464 g/mol. The molecule has 2 aromatic heterocycles. The minimum atomic E-state index is -0.502. The van der Waals surface area contributed by atoms with Gasteiger partial charge in [-0.2, -0.15) is 0 Å². The van der Waals surface area contributed by atoms with E-state index in [2.05, 4.69) is 25.4 Å². The number of fused-ring (bicyclic) bond motifs is 2. The number of tetrazole rings is 1. The summed E-state index contributed by atoms with van der Waals surface area (Å²) in [5, 5.41) is 13.2. The van der Waals surface area contributed by atoms with Crippen molar-refractivity contribution >= 4 is 10.9 Å². The molecule has 1 N–H and O–H groups in total. The highest BCUT2D eigenvalue weighted by Gasteiger charge is 2.32. The highest BCUT2D eigenvalue weighted by atomic mass is 19.1. The molecular weight excluding hydrogens is 443 g/mol. The van der Waals surface area contributed by atoms with Gasteiger partial charge in [0.05, 0.1) is 25.3 Å². The van der Waals surface area contributed by atoms with Gasteiger partial charge < -0.3 is 19.2 Å². The van der Waals surface area contributed by atoms with Crippen LogP contribution in [0, 0.1) is 5.82 Å². The lowest BCUT2D eigenvalue weighted by molar-refractivity contribution is 0.0214. The smallest absolute Gasteiger partial charge is 0.253 e. The maximum Gasteiger partial charge on any atom is 0.253 e. The topological polar surface area (TPSA) is 107 Å². The van der Waals surface area contributed by atoms with Gasteiger partial charge in [0.1, 0.15) is 11.9 Å². The van der Waals surface area contributed by atoms with E-state index in [9.17, 15) is 9.18 Å². The molecule has 174 valence electrons. The van der Waals surface area contributed by atoms with Crippen molar-refractivity contribution in [2.45, 2.75) is 12.6 Å². The van der Waals surface area contributed by atoms with Gasteiger partial charge in [-0.3, -0.25) is 9.69 Å². The number of hydrogen-bond donors (Lipinski definition) is 1. The van der Waals surface area contributed by atoms with Crippen molar-refractivity contribution < 1.29 is 18.6 Å². The molecule has 0 amide bonds. The lowest BCUT2D eigenvalue weighted by Gasteiger charge is -2.33. The SMILES string of the molecule is O=c1[nH]c2cc3c(cc2cc1C(c1nnnn1Cc1ccc(F)cc1)N1CCOCC1)OCO3. The Hall–Kier alpha value is -3.83. The highest BCUT2D eigenvalue weighted by Crippen LogP contribution is 2.36. The average Bonchev–Trinajstić information content (AvgIpc) is 3.50. The minimum Gasteiger partial charge on any atom is -0.454 e. The summed E-state index contributed by atoms with van der Waals surface area (Å²) in [7, 11) is 0. The van der Waals surface area contributed by atoms with Crippen LogP contribution in [0.4, 0.5) is 4.39 Å². The van der Waals surface area contributed by atoms with Crippen molar-refractivity contribution in [3.05, 3.63) is 75.6 Å². The summed E-state index contributed by atoms with van der Waals surface area (Å²) in [6.07, 6.45) is 0.